The van der Waals surface area contributed by atoms with Crippen LogP contribution in [0.5, 0.6) is 11.5 Å². The van der Waals surface area contributed by atoms with E-state index < -0.39 is 54.4 Å². The van der Waals surface area contributed by atoms with E-state index in [9.17, 15) is 29.7 Å². The molecule has 210 valence electrons. The van der Waals surface area contributed by atoms with Gasteiger partial charge in [-0.25, -0.2) is 4.79 Å². The summed E-state index contributed by atoms with van der Waals surface area (Å²) in [6, 6.07) is 7.08. The van der Waals surface area contributed by atoms with Crippen molar-refractivity contribution >= 4 is 23.1 Å². The quantitative estimate of drug-likeness (QED) is 0.487. The molecule has 0 spiro atoms. The van der Waals surface area contributed by atoms with Crippen molar-refractivity contribution in [3.05, 3.63) is 63.8 Å². The van der Waals surface area contributed by atoms with Crippen molar-refractivity contribution in [1.29, 1.82) is 0 Å². The van der Waals surface area contributed by atoms with Gasteiger partial charge in [0, 0.05) is 23.1 Å². The minimum absolute atomic E-state index is 0.000771. The van der Waals surface area contributed by atoms with E-state index >= 15 is 0 Å². The van der Waals surface area contributed by atoms with Crippen molar-refractivity contribution in [3.8, 4) is 11.5 Å². The SMILES string of the molecule is CCC(C)[C@H]1C(=O)O[C@H]2c3cc(C)cc(O)c3C3=C(C(=O)c4c(O[C@H]5C[C@@H](O)[C@@H](O)[C@H](C)O5)cccc4C3=O)N12. The molecule has 0 amide bonds. The van der Waals surface area contributed by atoms with Crippen molar-refractivity contribution in [2.75, 3.05) is 0 Å². The van der Waals surface area contributed by atoms with Crippen LogP contribution in [0.1, 0.15) is 77.2 Å². The Morgan fingerprint density at radius 3 is 2.58 bits per heavy atom. The Morgan fingerprint density at radius 1 is 1.12 bits per heavy atom. The number of aliphatic hydroxyl groups excluding tert-OH is 2. The number of phenolic OH excluding ortho intramolecular Hbond substituents is 1. The van der Waals surface area contributed by atoms with Gasteiger partial charge in [0.25, 0.3) is 0 Å². The van der Waals surface area contributed by atoms with Crippen LogP contribution in [0, 0.1) is 12.8 Å². The number of allylic oxidation sites excluding steroid dienone is 2. The number of carbonyl (C=O) groups excluding carboxylic acids is 3. The summed E-state index contributed by atoms with van der Waals surface area (Å²) in [6.07, 6.45) is -4.28. The van der Waals surface area contributed by atoms with Gasteiger partial charge in [-0.15, -0.1) is 0 Å². The van der Waals surface area contributed by atoms with E-state index in [-0.39, 0.29) is 51.8 Å². The predicted molar refractivity (Wildman–Crippen MR) is 140 cm³/mol. The van der Waals surface area contributed by atoms with Crippen LogP contribution in [0.4, 0.5) is 0 Å². The first kappa shape index (κ1) is 26.5. The van der Waals surface area contributed by atoms with E-state index in [4.69, 9.17) is 14.2 Å². The van der Waals surface area contributed by atoms with Crippen LogP contribution in [0.25, 0.3) is 5.57 Å². The van der Waals surface area contributed by atoms with Gasteiger partial charge in [-0.05, 0) is 43.5 Å². The van der Waals surface area contributed by atoms with E-state index in [1.54, 1.807) is 30.9 Å². The van der Waals surface area contributed by atoms with Gasteiger partial charge in [0.05, 0.1) is 23.3 Å². The third kappa shape index (κ3) is 3.77. The largest absolute Gasteiger partial charge is 0.507 e. The lowest BCUT2D eigenvalue weighted by Gasteiger charge is -2.40. The number of nitrogens with zero attached hydrogens (tertiary/aromatic N) is 1. The molecule has 7 atom stereocenters. The number of fused-ring (bicyclic) bond motifs is 6. The Hall–Kier alpha value is -3.73. The lowest BCUT2D eigenvalue weighted by molar-refractivity contribution is -0.216. The van der Waals surface area contributed by atoms with Crippen molar-refractivity contribution in [3.63, 3.8) is 0 Å². The van der Waals surface area contributed by atoms with Crippen molar-refractivity contribution in [2.24, 2.45) is 5.92 Å². The maximum atomic E-state index is 14.4. The second-order valence-electron chi connectivity index (χ2n) is 11.0. The zero-order valence-corrected chi connectivity index (χ0v) is 22.6. The smallest absolute Gasteiger partial charge is 0.331 e. The Labute approximate surface area is 230 Å². The van der Waals surface area contributed by atoms with Gasteiger partial charge in [0.1, 0.15) is 29.3 Å². The maximum Gasteiger partial charge on any atom is 0.331 e. The van der Waals surface area contributed by atoms with Gasteiger partial charge >= 0.3 is 5.97 Å². The third-order valence-electron chi connectivity index (χ3n) is 8.38. The average Bonchev–Trinajstić information content (AvgIpc) is 3.26. The summed E-state index contributed by atoms with van der Waals surface area (Å²) in [7, 11) is 0. The Morgan fingerprint density at radius 2 is 1.88 bits per heavy atom. The van der Waals surface area contributed by atoms with Gasteiger partial charge in [0.15, 0.2) is 5.78 Å². The van der Waals surface area contributed by atoms with Crippen LogP contribution in [-0.4, -0.2) is 68.4 Å². The zero-order valence-electron chi connectivity index (χ0n) is 22.6. The standard InChI is InChI=1S/C30H31NO9/c1-5-13(3)24-30(37)40-29-16-9-12(2)10-17(32)21(16)23-25(31(24)29)28(36)22-15(27(23)35)7-6-8-19(22)39-20-11-18(33)26(34)14(4)38-20/h6-10,13-14,18,20,24,26,29,32-34H,5,11H2,1-4H3/t13?,14-,18+,20-,24-,26-,29-/m0/s1. The van der Waals surface area contributed by atoms with Crippen molar-refractivity contribution in [2.45, 2.75) is 77.4 Å². The number of Topliss-reactive ketones (excluding diaryl/α,β-unsaturated/α-hetero) is 2. The van der Waals surface area contributed by atoms with Crippen LogP contribution in [0.15, 0.2) is 36.0 Å². The topological polar surface area (TPSA) is 143 Å². The molecule has 3 aliphatic heterocycles. The molecule has 2 aromatic carbocycles. The summed E-state index contributed by atoms with van der Waals surface area (Å²) in [5.41, 5.74) is 1.42. The number of aryl methyl sites for hydroxylation is 1. The molecule has 1 unspecified atom stereocenters. The monoisotopic (exact) mass is 549 g/mol. The molecule has 10 heteroatoms. The first-order valence-electron chi connectivity index (χ1n) is 13.5. The fourth-order valence-electron chi connectivity index (χ4n) is 6.20. The number of aromatic hydroxyl groups is 1. The molecule has 3 N–H and O–H groups in total. The zero-order chi connectivity index (χ0) is 28.6. The second-order valence-corrected chi connectivity index (χ2v) is 11.0. The Bertz CT molecular complexity index is 1470. The summed E-state index contributed by atoms with van der Waals surface area (Å²) in [5.74, 6) is -1.86. The molecule has 0 aromatic heterocycles. The highest BCUT2D eigenvalue weighted by Gasteiger charge is 2.55. The van der Waals surface area contributed by atoms with Crippen LogP contribution in [0.2, 0.25) is 0 Å². The Kier molecular flexibility index (Phi) is 6.25. The highest BCUT2D eigenvalue weighted by Crippen LogP contribution is 2.53. The number of ketones is 2. The van der Waals surface area contributed by atoms with E-state index in [0.717, 1.165) is 0 Å². The molecule has 6 rings (SSSR count). The number of carbonyl (C=O) groups is 3. The second kappa shape index (κ2) is 9.43. The molecule has 2 aromatic rings. The van der Waals surface area contributed by atoms with Gasteiger partial charge in [-0.3, -0.25) is 9.59 Å². The Balaban J connectivity index is 1.52. The fraction of sp³-hybridized carbons (Fsp3) is 0.433. The molecule has 2 fully saturated rings. The third-order valence-corrected chi connectivity index (χ3v) is 8.38. The molecule has 3 heterocycles. The molecule has 4 aliphatic rings. The minimum atomic E-state index is -1.09. The molecular formula is C30H31NO9. The van der Waals surface area contributed by atoms with Crippen molar-refractivity contribution < 1.29 is 43.9 Å². The van der Waals surface area contributed by atoms with Gasteiger partial charge < -0.3 is 34.4 Å². The van der Waals surface area contributed by atoms with E-state index in [2.05, 4.69) is 0 Å². The number of esters is 1. The van der Waals surface area contributed by atoms with E-state index in [0.29, 0.717) is 17.5 Å². The molecule has 0 bridgehead atoms. The lowest BCUT2D eigenvalue weighted by atomic mass is 9.77. The maximum absolute atomic E-state index is 14.4. The summed E-state index contributed by atoms with van der Waals surface area (Å²) in [4.78, 5) is 43.4. The highest BCUT2D eigenvalue weighted by molar-refractivity contribution is 6.41. The number of rotatable bonds is 4. The molecule has 10 nitrogen and oxygen atoms in total. The summed E-state index contributed by atoms with van der Waals surface area (Å²) in [5, 5.41) is 31.3. The molecular weight excluding hydrogens is 518 g/mol. The van der Waals surface area contributed by atoms with Gasteiger partial charge in [-0.2, -0.15) is 0 Å². The van der Waals surface area contributed by atoms with Crippen LogP contribution >= 0.6 is 0 Å². The minimum Gasteiger partial charge on any atom is -0.507 e. The highest BCUT2D eigenvalue weighted by atomic mass is 16.7. The van der Waals surface area contributed by atoms with E-state index in [1.807, 2.05) is 13.8 Å². The van der Waals surface area contributed by atoms with Gasteiger partial charge in [0.2, 0.25) is 18.3 Å². The predicted octanol–water partition coefficient (Wildman–Crippen LogP) is 3.01. The normalized spacial score (nSPS) is 29.9. The molecule has 2 saturated heterocycles. The van der Waals surface area contributed by atoms with Gasteiger partial charge in [-0.1, -0.05) is 32.4 Å². The number of hydrogen-bond donors (Lipinski definition) is 3. The number of phenols is 1. The number of ether oxygens (including phenoxy) is 3. The number of aliphatic hydroxyl groups is 2. The van der Waals surface area contributed by atoms with Crippen LogP contribution in [0.3, 0.4) is 0 Å². The molecule has 0 saturated carbocycles. The first-order chi connectivity index (χ1) is 19.0. The molecule has 0 radical (unpaired) electrons. The lowest BCUT2D eigenvalue weighted by Crippen LogP contribution is -2.48. The number of benzene rings is 2. The van der Waals surface area contributed by atoms with E-state index in [1.165, 1.54) is 18.2 Å². The van der Waals surface area contributed by atoms with Crippen molar-refractivity contribution in [1.82, 2.24) is 4.90 Å². The first-order valence-corrected chi connectivity index (χ1v) is 13.5. The summed E-state index contributed by atoms with van der Waals surface area (Å²) < 4.78 is 17.5. The summed E-state index contributed by atoms with van der Waals surface area (Å²) in [6.45, 7) is 7.20. The summed E-state index contributed by atoms with van der Waals surface area (Å²) >= 11 is 0. The molecule has 40 heavy (non-hydrogen) atoms. The average molecular weight is 550 g/mol. The van der Waals surface area contributed by atoms with Crippen LogP contribution < -0.4 is 4.74 Å². The number of hydrogen-bond acceptors (Lipinski definition) is 10. The fourth-order valence-corrected chi connectivity index (χ4v) is 6.20. The van der Waals surface area contributed by atoms with Crippen LogP contribution in [-0.2, 0) is 14.3 Å². The molecule has 1 aliphatic carbocycles.